The van der Waals surface area contributed by atoms with Gasteiger partial charge in [-0.05, 0) is 31.0 Å². The molecule has 0 aliphatic carbocycles. The Bertz CT molecular complexity index is 1130. The van der Waals surface area contributed by atoms with Crippen molar-refractivity contribution in [3.8, 4) is 0 Å². The zero-order valence-electron chi connectivity index (χ0n) is 16.2. The molecule has 0 aliphatic heterocycles. The van der Waals surface area contributed by atoms with E-state index in [1.807, 2.05) is 26.0 Å². The Kier molecular flexibility index (Phi) is 6.82. The second-order valence-electron chi connectivity index (χ2n) is 6.94. The Morgan fingerprint density at radius 1 is 1.21 bits per heavy atom. The zero-order valence-corrected chi connectivity index (χ0v) is 18.5. The van der Waals surface area contributed by atoms with Crippen molar-refractivity contribution in [3.05, 3.63) is 56.4 Å². The van der Waals surface area contributed by atoms with E-state index in [1.165, 1.54) is 11.8 Å². The number of hydrogen-bond acceptors (Lipinski definition) is 5. The minimum Gasteiger partial charge on any atom is -0.309 e. The van der Waals surface area contributed by atoms with E-state index >= 15 is 0 Å². The van der Waals surface area contributed by atoms with Crippen LogP contribution in [0.25, 0.3) is 10.9 Å². The number of rotatable bonds is 6. The molecule has 6 nitrogen and oxygen atoms in total. The molecule has 0 radical (unpaired) electrons. The molecular formula is C20H20Cl2N4O2S. The van der Waals surface area contributed by atoms with Crippen molar-refractivity contribution in [2.24, 2.45) is 5.92 Å². The maximum atomic E-state index is 12.9. The number of anilines is 1. The molecule has 2 aromatic heterocycles. The topological polar surface area (TPSA) is 76.9 Å². The van der Waals surface area contributed by atoms with Gasteiger partial charge < -0.3 is 5.32 Å². The summed E-state index contributed by atoms with van der Waals surface area (Å²) in [6.45, 7) is 6.30. The van der Waals surface area contributed by atoms with Gasteiger partial charge in [0.25, 0.3) is 5.56 Å². The van der Waals surface area contributed by atoms with Crippen molar-refractivity contribution in [2.75, 3.05) is 11.1 Å². The van der Waals surface area contributed by atoms with E-state index in [2.05, 4.69) is 15.3 Å². The summed E-state index contributed by atoms with van der Waals surface area (Å²) >= 11 is 13.3. The second-order valence-corrected chi connectivity index (χ2v) is 8.70. The third kappa shape index (κ3) is 5.10. The van der Waals surface area contributed by atoms with Crippen molar-refractivity contribution < 1.29 is 4.79 Å². The molecule has 0 unspecified atom stereocenters. The summed E-state index contributed by atoms with van der Waals surface area (Å²) < 4.78 is 1.63. The molecule has 3 aromatic rings. The normalized spacial score (nSPS) is 11.2. The van der Waals surface area contributed by atoms with E-state index in [9.17, 15) is 9.59 Å². The lowest BCUT2D eigenvalue weighted by atomic mass is 10.2. The fourth-order valence-corrected chi connectivity index (χ4v) is 3.94. The lowest BCUT2D eigenvalue weighted by molar-refractivity contribution is -0.113. The van der Waals surface area contributed by atoms with Gasteiger partial charge in [-0.25, -0.2) is 9.97 Å². The summed E-state index contributed by atoms with van der Waals surface area (Å²) in [4.78, 5) is 34.1. The summed E-state index contributed by atoms with van der Waals surface area (Å²) in [7, 11) is 0. The molecule has 0 aliphatic rings. The van der Waals surface area contributed by atoms with Crippen LogP contribution in [0, 0.1) is 12.8 Å². The molecule has 0 saturated carbocycles. The maximum Gasteiger partial charge on any atom is 0.262 e. The number of amides is 1. The number of benzene rings is 1. The van der Waals surface area contributed by atoms with Crippen molar-refractivity contribution in [3.63, 3.8) is 0 Å². The van der Waals surface area contributed by atoms with E-state index in [-0.39, 0.29) is 34.0 Å². The standard InChI is InChI=1S/C20H20Cl2N4O2S/c1-11(2)9-26-19(28)13-6-4-5-7-16(13)24-20(26)29-10-17(27)25-18-15(22)8-14(21)12(3)23-18/h4-8,11H,9-10H2,1-3H3,(H,23,25,27). The SMILES string of the molecule is Cc1nc(NC(=O)CSc2nc3ccccc3c(=O)n2CC(C)C)c(Cl)cc1Cl. The molecule has 9 heteroatoms. The van der Waals surface area contributed by atoms with Gasteiger partial charge >= 0.3 is 0 Å². The predicted molar refractivity (Wildman–Crippen MR) is 119 cm³/mol. The van der Waals surface area contributed by atoms with Gasteiger partial charge in [0, 0.05) is 6.54 Å². The number of hydrogen-bond donors (Lipinski definition) is 1. The van der Waals surface area contributed by atoms with E-state index in [1.54, 1.807) is 29.7 Å². The van der Waals surface area contributed by atoms with Crippen LogP contribution >= 0.6 is 35.0 Å². The van der Waals surface area contributed by atoms with Gasteiger partial charge in [0.1, 0.15) is 0 Å². The fourth-order valence-electron chi connectivity index (χ4n) is 2.73. The highest BCUT2D eigenvalue weighted by Crippen LogP contribution is 2.26. The number of nitrogens with zero attached hydrogens (tertiary/aromatic N) is 3. The summed E-state index contributed by atoms with van der Waals surface area (Å²) in [5, 5.41) is 4.45. The predicted octanol–water partition coefficient (Wildman–Crippen LogP) is 4.79. The Morgan fingerprint density at radius 3 is 2.66 bits per heavy atom. The summed E-state index contributed by atoms with van der Waals surface area (Å²) in [6.07, 6.45) is 0. The third-order valence-corrected chi connectivity index (χ3v) is 5.72. The van der Waals surface area contributed by atoms with Gasteiger partial charge in [0.05, 0.1) is 32.4 Å². The number of fused-ring (bicyclic) bond motifs is 1. The Hall–Kier alpha value is -2.09. The lowest BCUT2D eigenvalue weighted by Crippen LogP contribution is -2.26. The Labute approximate surface area is 182 Å². The van der Waals surface area contributed by atoms with Gasteiger partial charge in [-0.2, -0.15) is 0 Å². The largest absolute Gasteiger partial charge is 0.309 e. The van der Waals surface area contributed by atoms with Crippen molar-refractivity contribution in [2.45, 2.75) is 32.5 Å². The first-order valence-electron chi connectivity index (χ1n) is 9.01. The number of para-hydroxylation sites is 1. The number of halogens is 2. The first-order chi connectivity index (χ1) is 13.8. The number of aryl methyl sites for hydroxylation is 1. The first-order valence-corrected chi connectivity index (χ1v) is 10.7. The number of nitrogens with one attached hydrogen (secondary N) is 1. The van der Waals surface area contributed by atoms with Crippen LogP contribution < -0.4 is 10.9 Å². The molecule has 152 valence electrons. The van der Waals surface area contributed by atoms with Gasteiger partial charge in [-0.1, -0.05) is 60.9 Å². The zero-order chi connectivity index (χ0) is 21.1. The quantitative estimate of drug-likeness (QED) is 0.431. The maximum absolute atomic E-state index is 12.9. The third-order valence-electron chi connectivity index (χ3n) is 4.07. The van der Waals surface area contributed by atoms with Crippen LogP contribution in [0.2, 0.25) is 10.0 Å². The fraction of sp³-hybridized carbons (Fsp3) is 0.300. The van der Waals surface area contributed by atoms with Crippen LogP contribution in [0.1, 0.15) is 19.5 Å². The highest BCUT2D eigenvalue weighted by Gasteiger charge is 2.15. The van der Waals surface area contributed by atoms with Gasteiger partial charge in [0.15, 0.2) is 11.0 Å². The van der Waals surface area contributed by atoms with Crippen molar-refractivity contribution in [1.29, 1.82) is 0 Å². The highest BCUT2D eigenvalue weighted by molar-refractivity contribution is 7.99. The van der Waals surface area contributed by atoms with Crippen molar-refractivity contribution >= 4 is 57.6 Å². The van der Waals surface area contributed by atoms with Crippen LogP contribution in [-0.4, -0.2) is 26.2 Å². The molecule has 1 N–H and O–H groups in total. The summed E-state index contributed by atoms with van der Waals surface area (Å²) in [5.74, 6) is 0.265. The molecule has 1 amide bonds. The van der Waals surface area contributed by atoms with Crippen molar-refractivity contribution in [1.82, 2.24) is 14.5 Å². The van der Waals surface area contributed by atoms with E-state index in [0.717, 1.165) is 0 Å². The molecule has 1 aromatic carbocycles. The average Bonchev–Trinajstić information content (AvgIpc) is 2.67. The second kappa shape index (κ2) is 9.15. The van der Waals surface area contributed by atoms with E-state index in [0.29, 0.717) is 33.3 Å². The monoisotopic (exact) mass is 450 g/mol. The molecule has 0 atom stereocenters. The molecule has 3 rings (SSSR count). The number of pyridine rings is 1. The number of aromatic nitrogens is 3. The van der Waals surface area contributed by atoms with Crippen LogP contribution in [0.5, 0.6) is 0 Å². The number of thioether (sulfide) groups is 1. The Morgan fingerprint density at radius 2 is 1.93 bits per heavy atom. The smallest absolute Gasteiger partial charge is 0.262 e. The van der Waals surface area contributed by atoms with Gasteiger partial charge in [0.2, 0.25) is 5.91 Å². The van der Waals surface area contributed by atoms with E-state index in [4.69, 9.17) is 23.2 Å². The molecule has 0 spiro atoms. The lowest BCUT2D eigenvalue weighted by Gasteiger charge is -2.15. The van der Waals surface area contributed by atoms with Gasteiger partial charge in [-0.3, -0.25) is 14.2 Å². The molecule has 0 saturated heterocycles. The van der Waals surface area contributed by atoms with Gasteiger partial charge in [-0.15, -0.1) is 0 Å². The molecule has 2 heterocycles. The summed E-state index contributed by atoms with van der Waals surface area (Å²) in [6, 6.07) is 8.74. The number of carbonyl (C=O) groups excluding carboxylic acids is 1. The molecule has 0 bridgehead atoms. The minimum absolute atomic E-state index is 0.0581. The Balaban J connectivity index is 1.83. The molecular weight excluding hydrogens is 431 g/mol. The van der Waals surface area contributed by atoms with Crippen LogP contribution in [0.4, 0.5) is 5.82 Å². The van der Waals surface area contributed by atoms with E-state index < -0.39 is 0 Å². The number of carbonyl (C=O) groups is 1. The first kappa shape index (κ1) is 21.6. The molecule has 29 heavy (non-hydrogen) atoms. The minimum atomic E-state index is -0.301. The van der Waals surface area contributed by atoms with Crippen LogP contribution in [-0.2, 0) is 11.3 Å². The molecule has 0 fully saturated rings. The van der Waals surface area contributed by atoms with Crippen LogP contribution in [0.15, 0.2) is 40.3 Å². The summed E-state index contributed by atoms with van der Waals surface area (Å²) in [5.41, 5.74) is 1.07. The highest BCUT2D eigenvalue weighted by atomic mass is 35.5. The average molecular weight is 451 g/mol. The van der Waals surface area contributed by atoms with Crippen LogP contribution in [0.3, 0.4) is 0 Å².